The van der Waals surface area contributed by atoms with Crippen LogP contribution >= 0.6 is 11.3 Å². The maximum atomic E-state index is 4.85. The van der Waals surface area contributed by atoms with Crippen LogP contribution in [0, 0.1) is 5.92 Å². The Morgan fingerprint density at radius 3 is 3.11 bits per heavy atom. The first kappa shape index (κ1) is 11.4. The van der Waals surface area contributed by atoms with Gasteiger partial charge in [0.1, 0.15) is 12.0 Å². The van der Waals surface area contributed by atoms with Gasteiger partial charge in [-0.1, -0.05) is 16.5 Å². The van der Waals surface area contributed by atoms with Crippen LogP contribution in [0.5, 0.6) is 0 Å². The second-order valence-electron chi connectivity index (χ2n) is 5.28. The number of hydrogen-bond acceptors (Lipinski definition) is 7. The van der Waals surface area contributed by atoms with E-state index in [0.29, 0.717) is 6.04 Å². The predicted octanol–water partition coefficient (Wildman–Crippen LogP) is 1.33. The zero-order chi connectivity index (χ0) is 12.8. The van der Waals surface area contributed by atoms with Crippen molar-refractivity contribution in [3.63, 3.8) is 0 Å². The van der Waals surface area contributed by atoms with Crippen molar-refractivity contribution in [2.24, 2.45) is 5.92 Å². The first-order chi connectivity index (χ1) is 9.31. The van der Waals surface area contributed by atoms with Crippen molar-refractivity contribution in [3.8, 4) is 10.7 Å². The van der Waals surface area contributed by atoms with Gasteiger partial charge in [0.2, 0.25) is 5.13 Å². The van der Waals surface area contributed by atoms with Crippen LogP contribution in [0.1, 0.15) is 6.42 Å². The maximum Gasteiger partial charge on any atom is 0.208 e. The smallest absolute Gasteiger partial charge is 0.208 e. The lowest BCUT2D eigenvalue weighted by Crippen LogP contribution is -2.32. The van der Waals surface area contributed by atoms with Crippen LogP contribution in [0.25, 0.3) is 10.7 Å². The van der Waals surface area contributed by atoms with Crippen molar-refractivity contribution < 1.29 is 4.52 Å². The van der Waals surface area contributed by atoms with E-state index in [-0.39, 0.29) is 0 Å². The van der Waals surface area contributed by atoms with Crippen LogP contribution in [-0.4, -0.2) is 53.0 Å². The topological polar surface area (TPSA) is 58.3 Å². The number of rotatable bonds is 2. The van der Waals surface area contributed by atoms with Gasteiger partial charge >= 0.3 is 0 Å². The molecule has 100 valence electrons. The molecule has 0 N–H and O–H groups in total. The molecule has 2 aliphatic heterocycles. The molecular formula is C12H15N5OS. The molecule has 2 atom stereocenters. The number of aromatic nitrogens is 3. The van der Waals surface area contributed by atoms with Crippen molar-refractivity contribution in [2.75, 3.05) is 31.6 Å². The lowest BCUT2D eigenvalue weighted by Gasteiger charge is -2.19. The Hall–Kier alpha value is -1.47. The molecule has 2 saturated heterocycles. The fourth-order valence-corrected chi connectivity index (χ4v) is 3.92. The van der Waals surface area contributed by atoms with E-state index in [1.165, 1.54) is 13.0 Å². The first-order valence-corrected chi connectivity index (χ1v) is 7.32. The monoisotopic (exact) mass is 277 g/mol. The van der Waals surface area contributed by atoms with Crippen molar-refractivity contribution in [3.05, 3.63) is 12.3 Å². The fourth-order valence-electron chi connectivity index (χ4n) is 3.10. The molecule has 4 rings (SSSR count). The standard InChI is InChI=1S/C12H15N5OS/c1-16-4-2-8-6-17(7-10(8)16)12-14-13-11(19-12)9-3-5-18-15-9/h3,5,8,10H,2,4,6-7H2,1H3/t8-,10+/m1/s1. The highest BCUT2D eigenvalue weighted by Crippen LogP contribution is 2.35. The van der Waals surface area contributed by atoms with Crippen LogP contribution in [0.3, 0.4) is 0 Å². The summed E-state index contributed by atoms with van der Waals surface area (Å²) >= 11 is 1.59. The highest BCUT2D eigenvalue weighted by Gasteiger charge is 2.40. The molecule has 0 amide bonds. The highest BCUT2D eigenvalue weighted by molar-refractivity contribution is 7.18. The van der Waals surface area contributed by atoms with Crippen LogP contribution in [-0.2, 0) is 0 Å². The summed E-state index contributed by atoms with van der Waals surface area (Å²) < 4.78 is 4.85. The van der Waals surface area contributed by atoms with Gasteiger partial charge in [-0.3, -0.25) is 0 Å². The average molecular weight is 277 g/mol. The van der Waals surface area contributed by atoms with Crippen molar-refractivity contribution in [1.29, 1.82) is 0 Å². The molecule has 2 aliphatic rings. The summed E-state index contributed by atoms with van der Waals surface area (Å²) in [6.07, 6.45) is 2.86. The molecule has 0 aliphatic carbocycles. The Morgan fingerprint density at radius 1 is 1.37 bits per heavy atom. The second-order valence-corrected chi connectivity index (χ2v) is 6.23. The molecule has 0 unspecified atom stereocenters. The molecule has 19 heavy (non-hydrogen) atoms. The first-order valence-electron chi connectivity index (χ1n) is 6.51. The van der Waals surface area contributed by atoms with E-state index in [9.17, 15) is 0 Å². The summed E-state index contributed by atoms with van der Waals surface area (Å²) in [6, 6.07) is 2.50. The molecule has 7 heteroatoms. The number of fused-ring (bicyclic) bond motifs is 1. The molecule has 0 bridgehead atoms. The Balaban J connectivity index is 1.55. The van der Waals surface area contributed by atoms with Gasteiger partial charge in [0, 0.05) is 25.2 Å². The molecule has 0 aromatic carbocycles. The van der Waals surface area contributed by atoms with E-state index in [4.69, 9.17) is 4.52 Å². The minimum atomic E-state index is 0.680. The van der Waals surface area contributed by atoms with E-state index in [1.807, 2.05) is 6.07 Å². The Kier molecular flexibility index (Phi) is 2.56. The molecule has 0 saturated carbocycles. The largest absolute Gasteiger partial charge is 0.364 e. The van der Waals surface area contributed by atoms with Crippen molar-refractivity contribution >= 4 is 16.5 Å². The van der Waals surface area contributed by atoms with E-state index in [0.717, 1.165) is 34.8 Å². The number of nitrogens with zero attached hydrogens (tertiary/aromatic N) is 5. The van der Waals surface area contributed by atoms with Gasteiger partial charge in [-0.25, -0.2) is 0 Å². The Bertz CT molecular complexity index is 568. The van der Waals surface area contributed by atoms with Gasteiger partial charge in [0.15, 0.2) is 5.01 Å². The quantitative estimate of drug-likeness (QED) is 0.825. The zero-order valence-corrected chi connectivity index (χ0v) is 11.5. The third-order valence-corrected chi connectivity index (χ3v) is 5.17. The normalized spacial score (nSPS) is 27.1. The van der Waals surface area contributed by atoms with Gasteiger partial charge in [-0.15, -0.1) is 10.2 Å². The Labute approximate surface area is 115 Å². The molecule has 0 radical (unpaired) electrons. The molecule has 4 heterocycles. The molecule has 2 aromatic rings. The number of likely N-dealkylation sites (tertiary alicyclic amines) is 1. The van der Waals surface area contributed by atoms with Crippen LogP contribution < -0.4 is 4.90 Å². The molecule has 2 aromatic heterocycles. The Morgan fingerprint density at radius 2 is 2.32 bits per heavy atom. The molecule has 6 nitrogen and oxygen atoms in total. The van der Waals surface area contributed by atoms with Crippen molar-refractivity contribution in [2.45, 2.75) is 12.5 Å². The predicted molar refractivity (Wildman–Crippen MR) is 72.1 cm³/mol. The summed E-state index contributed by atoms with van der Waals surface area (Å²) in [5, 5.41) is 14.2. The van der Waals surface area contributed by atoms with Crippen LogP contribution in [0.4, 0.5) is 5.13 Å². The summed E-state index contributed by atoms with van der Waals surface area (Å²) in [6.45, 7) is 3.39. The summed E-state index contributed by atoms with van der Waals surface area (Å²) in [5.41, 5.74) is 0.764. The molecular weight excluding hydrogens is 262 g/mol. The van der Waals surface area contributed by atoms with Gasteiger partial charge in [0.05, 0.1) is 0 Å². The lowest BCUT2D eigenvalue weighted by molar-refractivity contribution is 0.310. The fraction of sp³-hybridized carbons (Fsp3) is 0.583. The zero-order valence-electron chi connectivity index (χ0n) is 10.7. The molecule has 2 fully saturated rings. The summed E-state index contributed by atoms with van der Waals surface area (Å²) in [7, 11) is 2.22. The van der Waals surface area contributed by atoms with Crippen LogP contribution in [0.2, 0.25) is 0 Å². The third kappa shape index (κ3) is 1.84. The van der Waals surface area contributed by atoms with E-state index >= 15 is 0 Å². The van der Waals surface area contributed by atoms with Crippen molar-refractivity contribution in [1.82, 2.24) is 20.3 Å². The SMILES string of the molecule is CN1CC[C@@H]2CN(c3nnc(-c4ccon4)s3)C[C@@H]21. The van der Waals surface area contributed by atoms with Gasteiger partial charge < -0.3 is 14.3 Å². The summed E-state index contributed by atoms with van der Waals surface area (Å²) in [4.78, 5) is 4.82. The number of likely N-dealkylation sites (N-methyl/N-ethyl adjacent to an activating group) is 1. The number of anilines is 1. The maximum absolute atomic E-state index is 4.85. The van der Waals surface area contributed by atoms with Crippen LogP contribution in [0.15, 0.2) is 16.9 Å². The average Bonchev–Trinajstić information content (AvgIpc) is 3.14. The van der Waals surface area contributed by atoms with E-state index in [2.05, 4.69) is 32.2 Å². The minimum Gasteiger partial charge on any atom is -0.364 e. The lowest BCUT2D eigenvalue weighted by atomic mass is 10.1. The second kappa shape index (κ2) is 4.28. The molecule has 0 spiro atoms. The minimum absolute atomic E-state index is 0.680. The van der Waals surface area contributed by atoms with Gasteiger partial charge in [0.25, 0.3) is 0 Å². The highest BCUT2D eigenvalue weighted by atomic mass is 32.1. The van der Waals surface area contributed by atoms with E-state index in [1.54, 1.807) is 17.6 Å². The number of hydrogen-bond donors (Lipinski definition) is 0. The van der Waals surface area contributed by atoms with Gasteiger partial charge in [-0.2, -0.15) is 0 Å². The van der Waals surface area contributed by atoms with E-state index < -0.39 is 0 Å². The van der Waals surface area contributed by atoms with Gasteiger partial charge in [-0.05, 0) is 25.9 Å². The third-order valence-electron chi connectivity index (χ3n) is 4.17. The summed E-state index contributed by atoms with van der Waals surface area (Å²) in [5.74, 6) is 0.782.